The molecule has 1 amide bonds. The fourth-order valence-electron chi connectivity index (χ4n) is 11.5. The summed E-state index contributed by atoms with van der Waals surface area (Å²) < 4.78 is 72.8. The van der Waals surface area contributed by atoms with Gasteiger partial charge in [0.2, 0.25) is 0 Å². The molecule has 15 nitrogen and oxygen atoms in total. The predicted octanol–water partition coefficient (Wildman–Crippen LogP) is 15.8. The van der Waals surface area contributed by atoms with Crippen molar-refractivity contribution in [3.63, 3.8) is 0 Å². The van der Waals surface area contributed by atoms with Gasteiger partial charge in [-0.25, -0.2) is 21.8 Å². The van der Waals surface area contributed by atoms with Crippen molar-refractivity contribution in [2.45, 2.75) is 192 Å². The normalized spacial score (nSPS) is 21.0. The van der Waals surface area contributed by atoms with E-state index in [9.17, 15) is 23.4 Å². The van der Waals surface area contributed by atoms with Crippen LogP contribution in [0.25, 0.3) is 0 Å². The lowest BCUT2D eigenvalue weighted by molar-refractivity contribution is -0.179. The van der Waals surface area contributed by atoms with E-state index in [0.717, 1.165) is 71.0 Å². The van der Waals surface area contributed by atoms with Crippen LogP contribution in [0.15, 0.2) is 225 Å². The number of allylic oxidation sites excluding steroid dienone is 1. The molecule has 0 saturated carbocycles. The summed E-state index contributed by atoms with van der Waals surface area (Å²) in [6.45, 7) is 16.1. The molecule has 19 heteroatoms. The second kappa shape index (κ2) is 41.0. The lowest BCUT2D eigenvalue weighted by Crippen LogP contribution is -2.54. The number of benzene rings is 7. The minimum absolute atomic E-state index is 0.0114. The van der Waals surface area contributed by atoms with E-state index < -0.39 is 51.4 Å². The van der Waals surface area contributed by atoms with E-state index in [1.165, 1.54) is 0 Å². The topological polar surface area (TPSA) is 166 Å². The van der Waals surface area contributed by atoms with E-state index >= 15 is 0 Å². The second-order valence-corrected chi connectivity index (χ2v) is 34.2. The van der Waals surface area contributed by atoms with Gasteiger partial charge >= 0.3 is 6.09 Å². The average Bonchev–Trinajstić information content (AvgIpc) is 0.823. The molecule has 0 bridgehead atoms. The first-order valence-electron chi connectivity index (χ1n) is 33.9. The number of amides is 1. The number of aliphatic hydroxyl groups excluding tert-OH is 2. The van der Waals surface area contributed by atoms with Crippen molar-refractivity contribution in [3.05, 3.63) is 264 Å². The summed E-state index contributed by atoms with van der Waals surface area (Å²) in [6.07, 6.45) is 5.96. The van der Waals surface area contributed by atoms with Gasteiger partial charge < -0.3 is 43.4 Å². The number of alkyl halides is 2. The number of carbonyl (C=O) groups excluding carboxylic acids is 1. The summed E-state index contributed by atoms with van der Waals surface area (Å²) in [5.41, 5.74) is 7.39. The van der Waals surface area contributed by atoms with E-state index in [4.69, 9.17) is 33.2 Å². The van der Waals surface area contributed by atoms with Gasteiger partial charge in [-0.05, 0) is 125 Å². The zero-order chi connectivity index (χ0) is 69.7. The molecule has 3 aliphatic heterocycles. The van der Waals surface area contributed by atoms with Crippen molar-refractivity contribution in [1.29, 1.82) is 0 Å². The maximum Gasteiger partial charge on any atom is 0.410 e. The maximum absolute atomic E-state index is 13.7. The molecule has 0 aromatic heterocycles. The number of carbonyl (C=O) groups is 1. The SMILES string of the molecule is CC(C)(C)[S@](=O)N(Cc1ccccc1)[C@@H](COCc1ccccc1)[C@@H]1CCC(I)C(O)O1.CC(C)(C)[S@](=O)N(Cc1ccccc1)[C@@H](COCc1ccccc1)[C@@H]1CCC=CO1.O=C(OCc1ccccc1)N(Cc1ccccc1)[C@@H](COCc1ccccc1)[C@@H]1CCC(I)C(O)O1. The highest BCUT2D eigenvalue weighted by Crippen LogP contribution is 2.34. The van der Waals surface area contributed by atoms with E-state index in [1.807, 2.05) is 240 Å². The molecule has 7 aromatic rings. The first kappa shape index (κ1) is 78.5. The summed E-state index contributed by atoms with van der Waals surface area (Å²) in [4.78, 5) is 15.2. The zero-order valence-corrected chi connectivity index (χ0v) is 63.3. The number of hydrogen-bond acceptors (Lipinski definition) is 12. The van der Waals surface area contributed by atoms with Crippen LogP contribution in [-0.4, -0.2) is 124 Å². The van der Waals surface area contributed by atoms with Crippen molar-refractivity contribution in [3.8, 4) is 0 Å². The summed E-state index contributed by atoms with van der Waals surface area (Å²) in [6, 6.07) is 69.0. The number of hydrogen-bond donors (Lipinski definition) is 2. The minimum atomic E-state index is -1.29. The van der Waals surface area contributed by atoms with E-state index in [1.54, 1.807) is 11.2 Å². The van der Waals surface area contributed by atoms with Gasteiger partial charge in [-0.1, -0.05) is 258 Å². The Hall–Kier alpha value is -5.25. The smallest absolute Gasteiger partial charge is 0.410 e. The van der Waals surface area contributed by atoms with Crippen molar-refractivity contribution < 1.29 is 56.6 Å². The molecule has 7 aromatic carbocycles. The van der Waals surface area contributed by atoms with Gasteiger partial charge in [-0.15, -0.1) is 0 Å². The molecule has 2 fully saturated rings. The summed E-state index contributed by atoms with van der Waals surface area (Å²) in [5.74, 6) is 0. The van der Waals surface area contributed by atoms with Crippen molar-refractivity contribution in [2.24, 2.45) is 0 Å². The molecule has 2 saturated heterocycles. The van der Waals surface area contributed by atoms with E-state index in [0.29, 0.717) is 59.1 Å². The van der Waals surface area contributed by atoms with Crippen LogP contribution in [0.3, 0.4) is 0 Å². The van der Waals surface area contributed by atoms with Crippen molar-refractivity contribution in [1.82, 2.24) is 13.5 Å². The number of nitrogens with zero attached hydrogens (tertiary/aromatic N) is 3. The zero-order valence-electron chi connectivity index (χ0n) is 57.3. The summed E-state index contributed by atoms with van der Waals surface area (Å²) in [7, 11) is -2.49. The quantitative estimate of drug-likeness (QED) is 0.0353. The highest BCUT2D eigenvalue weighted by atomic mass is 127. The number of halogens is 2. The van der Waals surface area contributed by atoms with Crippen LogP contribution in [0.4, 0.5) is 4.79 Å². The van der Waals surface area contributed by atoms with Crippen LogP contribution < -0.4 is 0 Å². The Labute approximate surface area is 614 Å². The molecule has 12 atom stereocenters. The van der Waals surface area contributed by atoms with Gasteiger partial charge in [0, 0.05) is 19.6 Å². The Morgan fingerprint density at radius 3 is 1.10 bits per heavy atom. The number of aliphatic hydroxyl groups is 2. The molecule has 0 spiro atoms. The first-order chi connectivity index (χ1) is 47.3. The van der Waals surface area contributed by atoms with Crippen LogP contribution in [0.2, 0.25) is 0 Å². The Kier molecular flexibility index (Phi) is 32.8. The van der Waals surface area contributed by atoms with Crippen LogP contribution in [0.5, 0.6) is 0 Å². The lowest BCUT2D eigenvalue weighted by Gasteiger charge is -2.42. The molecule has 4 unspecified atom stereocenters. The van der Waals surface area contributed by atoms with Crippen LogP contribution in [0, 0.1) is 0 Å². The molecule has 0 radical (unpaired) electrons. The largest absolute Gasteiger partial charge is 0.497 e. The fourth-order valence-corrected chi connectivity index (χ4v) is 15.4. The maximum atomic E-state index is 13.7. The third-order valence-corrected chi connectivity index (χ3v) is 23.0. The fraction of sp³-hybridized carbons (Fsp3) is 0.430. The first-order valence-corrected chi connectivity index (χ1v) is 38.6. The van der Waals surface area contributed by atoms with Gasteiger partial charge in [0.05, 0.1) is 93.6 Å². The van der Waals surface area contributed by atoms with E-state index in [-0.39, 0.29) is 56.2 Å². The number of rotatable bonds is 28. The summed E-state index contributed by atoms with van der Waals surface area (Å²) in [5, 5.41) is 20.9. The molecule has 98 heavy (non-hydrogen) atoms. The Balaban J connectivity index is 0.000000188. The average molecular weight is 1600 g/mol. The van der Waals surface area contributed by atoms with Gasteiger partial charge in [0.15, 0.2) is 12.6 Å². The standard InChI is InChI=1S/C29H32INO5.C25H34INO4S.C25H33NO3S/c30-25-16-17-27(36-28(25)32)26(21-34-19-23-12-6-2-7-13-23)31(18-22-10-4-1-5-11-22)29(33)35-20-24-14-8-3-9-15-24;1-25(2,3)32(29)27(16-19-10-6-4-7-11-19)22(23-15-14-21(26)24(28)31-23)18-30-17-20-12-8-5-9-13-20;1-25(2,3)30(27)26(18-21-12-6-4-7-13-21)23(24-16-10-11-17-29-24)20-28-19-22-14-8-5-9-15-22/h1-15,25-28,32H,16-21H2;4-13,21-24,28H,14-18H2,1-3H3;4-9,11-15,17,23-24H,10,16,18-20H2,1-3H3/t25?,26-,27-,28?;21?,22-,23-,24?,32-;23-,24-,30-/m000/s1. The number of ether oxygens (including phenoxy) is 7. The lowest BCUT2D eigenvalue weighted by atomic mass is 10.00. The molecule has 10 rings (SSSR count). The van der Waals surface area contributed by atoms with Gasteiger partial charge in [-0.2, -0.15) is 0 Å². The summed E-state index contributed by atoms with van der Waals surface area (Å²) >= 11 is 4.45. The van der Waals surface area contributed by atoms with Crippen LogP contribution in [0.1, 0.15) is 119 Å². The van der Waals surface area contributed by atoms with Gasteiger partial charge in [0.1, 0.15) is 34.7 Å². The minimum Gasteiger partial charge on any atom is -0.497 e. The molecule has 528 valence electrons. The van der Waals surface area contributed by atoms with Crippen molar-refractivity contribution >= 4 is 73.2 Å². The third-order valence-electron chi connectivity index (χ3n) is 16.8. The predicted molar refractivity (Wildman–Crippen MR) is 407 cm³/mol. The molecular formula is C79H99I2N3O12S2. The highest BCUT2D eigenvalue weighted by Gasteiger charge is 2.42. The molecule has 0 aliphatic carbocycles. The van der Waals surface area contributed by atoms with Crippen LogP contribution in [-0.2, 0) is 101 Å². The highest BCUT2D eigenvalue weighted by molar-refractivity contribution is 14.1. The molecule has 3 heterocycles. The molecule has 2 N–H and O–H groups in total. The van der Waals surface area contributed by atoms with Crippen LogP contribution >= 0.6 is 45.2 Å². The molecular weight excluding hydrogens is 1500 g/mol. The monoisotopic (exact) mass is 1600 g/mol. The van der Waals surface area contributed by atoms with E-state index in [2.05, 4.69) is 73.8 Å². The van der Waals surface area contributed by atoms with Gasteiger partial charge in [-0.3, -0.25) is 4.90 Å². The molecule has 3 aliphatic rings. The Morgan fingerprint density at radius 2 is 0.765 bits per heavy atom. The van der Waals surface area contributed by atoms with Gasteiger partial charge in [0.25, 0.3) is 0 Å². The Morgan fingerprint density at radius 1 is 0.449 bits per heavy atom. The Bertz CT molecular complexity index is 3440. The second-order valence-electron chi connectivity index (χ2n) is 26.6. The van der Waals surface area contributed by atoms with Crippen molar-refractivity contribution in [2.75, 3.05) is 19.8 Å². The third kappa shape index (κ3) is 26.0.